The van der Waals surface area contributed by atoms with Gasteiger partial charge in [-0.05, 0) is 37.0 Å². The zero-order chi connectivity index (χ0) is 19.4. The third-order valence-electron chi connectivity index (χ3n) is 4.63. The van der Waals surface area contributed by atoms with Crippen molar-refractivity contribution in [2.45, 2.75) is 25.7 Å². The lowest BCUT2D eigenvalue weighted by atomic mass is 10.1. The molecule has 0 aliphatic carbocycles. The van der Waals surface area contributed by atoms with E-state index in [0.717, 1.165) is 23.9 Å². The number of anilines is 1. The van der Waals surface area contributed by atoms with Gasteiger partial charge in [0.15, 0.2) is 11.6 Å². The molecule has 1 aliphatic rings. The van der Waals surface area contributed by atoms with E-state index in [1.807, 2.05) is 0 Å². The van der Waals surface area contributed by atoms with Gasteiger partial charge < -0.3 is 9.64 Å². The topological polar surface area (TPSA) is 76.5 Å². The number of carbonyl (C=O) groups is 1. The summed E-state index contributed by atoms with van der Waals surface area (Å²) in [6, 6.07) is 5.76. The van der Waals surface area contributed by atoms with E-state index in [-0.39, 0.29) is 35.4 Å². The van der Waals surface area contributed by atoms with Gasteiger partial charge in [0.1, 0.15) is 5.82 Å². The number of hydrogen-bond acceptors (Lipinski definition) is 4. The van der Waals surface area contributed by atoms with Crippen LogP contribution >= 0.6 is 0 Å². The van der Waals surface area contributed by atoms with Crippen molar-refractivity contribution in [3.63, 3.8) is 0 Å². The first-order chi connectivity index (χ1) is 13.0. The molecule has 7 nitrogen and oxygen atoms in total. The molecule has 3 rings (SSSR count). The Labute approximate surface area is 156 Å². The number of piperidine rings is 1. The number of hydrogen-bond donors (Lipinski definition) is 1. The normalized spacial score (nSPS) is 14.1. The molecule has 8 heteroatoms. The number of methoxy groups -OCH3 is 1. The summed E-state index contributed by atoms with van der Waals surface area (Å²) in [6.45, 7) is 1.38. The van der Waals surface area contributed by atoms with Crippen molar-refractivity contribution in [3.8, 4) is 5.75 Å². The SMILES string of the molecule is COc1c(NC(=O)N2CCCCC2)nn(C)c(=O)c1Cc1cccc(F)c1. The third kappa shape index (κ3) is 4.27. The van der Waals surface area contributed by atoms with Crippen LogP contribution in [0.3, 0.4) is 0 Å². The number of nitrogens with zero attached hydrogens (tertiary/aromatic N) is 3. The number of benzene rings is 1. The van der Waals surface area contributed by atoms with E-state index in [0.29, 0.717) is 24.2 Å². The van der Waals surface area contributed by atoms with E-state index < -0.39 is 0 Å². The molecule has 0 saturated carbocycles. The fraction of sp³-hybridized carbons (Fsp3) is 0.421. The van der Waals surface area contributed by atoms with Crippen molar-refractivity contribution >= 4 is 11.8 Å². The monoisotopic (exact) mass is 374 g/mol. The van der Waals surface area contributed by atoms with Crippen LogP contribution in [0.5, 0.6) is 5.75 Å². The molecule has 1 N–H and O–H groups in total. The summed E-state index contributed by atoms with van der Waals surface area (Å²) in [6.07, 6.45) is 3.22. The van der Waals surface area contributed by atoms with Crippen LogP contribution in [0.15, 0.2) is 29.1 Å². The van der Waals surface area contributed by atoms with Gasteiger partial charge in [-0.3, -0.25) is 10.1 Å². The molecular weight excluding hydrogens is 351 g/mol. The van der Waals surface area contributed by atoms with Crippen molar-refractivity contribution in [1.29, 1.82) is 0 Å². The van der Waals surface area contributed by atoms with Crippen LogP contribution < -0.4 is 15.6 Å². The molecule has 1 fully saturated rings. The predicted molar refractivity (Wildman–Crippen MR) is 99.7 cm³/mol. The highest BCUT2D eigenvalue weighted by atomic mass is 19.1. The Kier molecular flexibility index (Phi) is 5.73. The predicted octanol–water partition coefficient (Wildman–Crippen LogP) is 2.54. The van der Waals surface area contributed by atoms with Crippen LogP contribution in [0.4, 0.5) is 15.0 Å². The van der Waals surface area contributed by atoms with Crippen LogP contribution in [0.2, 0.25) is 0 Å². The number of aryl methyl sites for hydroxylation is 1. The van der Waals surface area contributed by atoms with E-state index >= 15 is 0 Å². The average Bonchev–Trinajstić information content (AvgIpc) is 2.66. The zero-order valence-electron chi connectivity index (χ0n) is 15.5. The summed E-state index contributed by atoms with van der Waals surface area (Å²) in [5.74, 6) is 0.00488. The molecule has 1 aliphatic heterocycles. The van der Waals surface area contributed by atoms with E-state index in [9.17, 15) is 14.0 Å². The Bertz CT molecular complexity index is 891. The van der Waals surface area contributed by atoms with Gasteiger partial charge in [-0.25, -0.2) is 13.9 Å². The molecule has 2 heterocycles. The molecule has 0 unspecified atom stereocenters. The van der Waals surface area contributed by atoms with Gasteiger partial charge in [-0.1, -0.05) is 12.1 Å². The van der Waals surface area contributed by atoms with Crippen molar-refractivity contribution < 1.29 is 13.9 Å². The number of nitrogens with one attached hydrogen (secondary N) is 1. The van der Waals surface area contributed by atoms with Crippen molar-refractivity contribution in [2.75, 3.05) is 25.5 Å². The van der Waals surface area contributed by atoms with Crippen LogP contribution in [-0.2, 0) is 13.5 Å². The van der Waals surface area contributed by atoms with E-state index in [4.69, 9.17) is 4.74 Å². The van der Waals surface area contributed by atoms with E-state index in [1.54, 1.807) is 17.0 Å². The van der Waals surface area contributed by atoms with E-state index in [2.05, 4.69) is 10.4 Å². The number of rotatable bonds is 4. The quantitative estimate of drug-likeness (QED) is 0.892. The minimum Gasteiger partial charge on any atom is -0.492 e. The fourth-order valence-electron chi connectivity index (χ4n) is 3.26. The third-order valence-corrected chi connectivity index (χ3v) is 4.63. The second-order valence-corrected chi connectivity index (χ2v) is 6.57. The largest absolute Gasteiger partial charge is 0.492 e. The van der Waals surface area contributed by atoms with Gasteiger partial charge in [0, 0.05) is 26.6 Å². The van der Waals surface area contributed by atoms with Crippen LogP contribution in [0, 0.1) is 5.82 Å². The maximum Gasteiger partial charge on any atom is 0.323 e. The van der Waals surface area contributed by atoms with E-state index in [1.165, 1.54) is 26.3 Å². The zero-order valence-corrected chi connectivity index (χ0v) is 15.5. The van der Waals surface area contributed by atoms with Crippen LogP contribution in [-0.4, -0.2) is 40.9 Å². The summed E-state index contributed by atoms with van der Waals surface area (Å²) in [7, 11) is 2.93. The first-order valence-electron chi connectivity index (χ1n) is 8.94. The summed E-state index contributed by atoms with van der Waals surface area (Å²) < 4.78 is 20.1. The van der Waals surface area contributed by atoms with Gasteiger partial charge in [-0.2, -0.15) is 0 Å². The molecule has 144 valence electrons. The van der Waals surface area contributed by atoms with Gasteiger partial charge >= 0.3 is 6.03 Å². The number of halogens is 1. The molecule has 0 spiro atoms. The first kappa shape index (κ1) is 18.9. The Hall–Kier alpha value is -2.90. The Balaban J connectivity index is 1.93. The molecular formula is C19H23FN4O3. The summed E-state index contributed by atoms with van der Waals surface area (Å²) in [4.78, 5) is 26.8. The molecule has 0 radical (unpaired) electrons. The highest BCUT2D eigenvalue weighted by molar-refractivity contribution is 5.90. The van der Waals surface area contributed by atoms with Gasteiger partial charge in [0.05, 0.1) is 12.7 Å². The number of aromatic nitrogens is 2. The van der Waals surface area contributed by atoms with Crippen LogP contribution in [0.1, 0.15) is 30.4 Å². The summed E-state index contributed by atoms with van der Waals surface area (Å²) in [5, 5.41) is 6.90. The molecule has 1 saturated heterocycles. The molecule has 27 heavy (non-hydrogen) atoms. The number of carbonyl (C=O) groups excluding carboxylic acids is 1. The van der Waals surface area contributed by atoms with Gasteiger partial charge in [0.2, 0.25) is 0 Å². The van der Waals surface area contributed by atoms with Crippen LogP contribution in [0.25, 0.3) is 0 Å². The average molecular weight is 374 g/mol. The summed E-state index contributed by atoms with van der Waals surface area (Å²) in [5.41, 5.74) is 0.589. The number of ether oxygens (including phenoxy) is 1. The number of amides is 2. The number of likely N-dealkylation sites (tertiary alicyclic amines) is 1. The Morgan fingerprint density at radius 2 is 2.04 bits per heavy atom. The maximum absolute atomic E-state index is 13.5. The minimum atomic E-state index is -0.379. The van der Waals surface area contributed by atoms with Gasteiger partial charge in [-0.15, -0.1) is 5.10 Å². The van der Waals surface area contributed by atoms with Crippen molar-refractivity contribution in [1.82, 2.24) is 14.7 Å². The Morgan fingerprint density at radius 1 is 1.30 bits per heavy atom. The standard InChI is InChI=1S/C19H23FN4O3/c1-23-18(25)15(12-13-7-6-8-14(20)11-13)16(27-2)17(22-23)21-19(26)24-9-4-3-5-10-24/h6-8,11H,3-5,9-10,12H2,1-2H3,(H,21,22,26). The molecule has 1 aromatic carbocycles. The van der Waals surface area contributed by atoms with Crippen molar-refractivity contribution in [3.05, 3.63) is 51.6 Å². The Morgan fingerprint density at radius 3 is 2.70 bits per heavy atom. The minimum absolute atomic E-state index is 0.169. The second-order valence-electron chi connectivity index (χ2n) is 6.57. The lowest BCUT2D eigenvalue weighted by Crippen LogP contribution is -2.39. The highest BCUT2D eigenvalue weighted by Gasteiger charge is 2.22. The lowest BCUT2D eigenvalue weighted by molar-refractivity contribution is 0.200. The molecule has 1 aromatic heterocycles. The first-order valence-corrected chi connectivity index (χ1v) is 8.94. The maximum atomic E-state index is 13.5. The smallest absolute Gasteiger partial charge is 0.323 e. The van der Waals surface area contributed by atoms with Crippen molar-refractivity contribution in [2.24, 2.45) is 7.05 Å². The molecule has 2 amide bonds. The lowest BCUT2D eigenvalue weighted by Gasteiger charge is -2.27. The van der Waals surface area contributed by atoms with Gasteiger partial charge in [0.25, 0.3) is 5.56 Å². The summed E-state index contributed by atoms with van der Waals surface area (Å²) >= 11 is 0. The highest BCUT2D eigenvalue weighted by Crippen LogP contribution is 2.26. The second kappa shape index (κ2) is 8.20. The molecule has 0 bridgehead atoms. The fourth-order valence-corrected chi connectivity index (χ4v) is 3.26. The molecule has 2 aromatic rings. The number of urea groups is 1. The molecule has 0 atom stereocenters.